The molecule has 0 N–H and O–H groups in total. The van der Waals surface area contributed by atoms with Crippen LogP contribution in [0.15, 0.2) is 103 Å². The van der Waals surface area contributed by atoms with Crippen molar-refractivity contribution in [2.45, 2.75) is 0 Å². The monoisotopic (exact) mass is 438 g/mol. The number of hydrogen-bond acceptors (Lipinski definition) is 1. The zero-order valence-corrected chi connectivity index (χ0v) is 19.2. The van der Waals surface area contributed by atoms with Gasteiger partial charge in [0.1, 0.15) is 0 Å². The van der Waals surface area contributed by atoms with Crippen LogP contribution < -0.4 is 4.90 Å². The summed E-state index contributed by atoms with van der Waals surface area (Å²) >= 11 is 0. The molecular formula is C26H23NY. The minimum absolute atomic E-state index is 0. The number of anilines is 1. The van der Waals surface area contributed by atoms with Gasteiger partial charge < -0.3 is 4.90 Å². The second-order valence-corrected chi connectivity index (χ2v) is 6.97. The molecule has 4 aromatic carbocycles. The Bertz CT molecular complexity index is 965. The molecule has 4 aromatic rings. The molecule has 0 heterocycles. The summed E-state index contributed by atoms with van der Waals surface area (Å²) in [6, 6.07) is 36.8. The fourth-order valence-corrected chi connectivity index (χ4v) is 3.34. The Hall–Kier alpha value is -2.22. The van der Waals surface area contributed by atoms with Gasteiger partial charge in [-0.05, 0) is 63.7 Å². The Labute approximate surface area is 192 Å². The van der Waals surface area contributed by atoms with E-state index in [0.29, 0.717) is 0 Å². The molecule has 0 bridgehead atoms. The van der Waals surface area contributed by atoms with Crippen molar-refractivity contribution in [3.8, 4) is 33.4 Å². The van der Waals surface area contributed by atoms with Gasteiger partial charge in [-0.1, -0.05) is 72.8 Å². The van der Waals surface area contributed by atoms with Crippen molar-refractivity contribution in [3.05, 3.63) is 103 Å². The molecule has 0 aromatic heterocycles. The largest absolute Gasteiger partial charge is 0.378 e. The average molecular weight is 438 g/mol. The molecule has 1 nitrogen and oxygen atoms in total. The Kier molecular flexibility index (Phi) is 6.83. The van der Waals surface area contributed by atoms with Crippen LogP contribution in [-0.4, -0.2) is 14.1 Å². The van der Waals surface area contributed by atoms with Crippen LogP contribution in [0.1, 0.15) is 0 Å². The van der Waals surface area contributed by atoms with E-state index in [0.717, 1.165) is 0 Å². The summed E-state index contributed by atoms with van der Waals surface area (Å²) in [6.07, 6.45) is 0. The average Bonchev–Trinajstić information content (AvgIpc) is 2.75. The molecule has 0 saturated carbocycles. The number of benzene rings is 4. The maximum Gasteiger partial charge on any atom is 0.0361 e. The first kappa shape index (κ1) is 20.5. The smallest absolute Gasteiger partial charge is 0.0361 e. The molecule has 28 heavy (non-hydrogen) atoms. The van der Waals surface area contributed by atoms with E-state index in [4.69, 9.17) is 0 Å². The van der Waals surface area contributed by atoms with E-state index >= 15 is 0 Å². The summed E-state index contributed by atoms with van der Waals surface area (Å²) < 4.78 is 0. The van der Waals surface area contributed by atoms with E-state index in [1.54, 1.807) is 0 Å². The zero-order valence-electron chi connectivity index (χ0n) is 16.3. The van der Waals surface area contributed by atoms with Crippen molar-refractivity contribution in [1.82, 2.24) is 0 Å². The predicted molar refractivity (Wildman–Crippen MR) is 117 cm³/mol. The maximum atomic E-state index is 2.28. The van der Waals surface area contributed by atoms with E-state index in [-0.39, 0.29) is 32.7 Å². The molecule has 0 aliphatic rings. The Morgan fingerprint density at radius 2 is 0.786 bits per heavy atom. The fourth-order valence-electron chi connectivity index (χ4n) is 3.34. The van der Waals surface area contributed by atoms with Gasteiger partial charge in [-0.15, -0.1) is 0 Å². The van der Waals surface area contributed by atoms with Crippen molar-refractivity contribution >= 4 is 5.69 Å². The van der Waals surface area contributed by atoms with Crippen LogP contribution in [0.5, 0.6) is 0 Å². The van der Waals surface area contributed by atoms with Crippen molar-refractivity contribution < 1.29 is 32.7 Å². The summed E-state index contributed by atoms with van der Waals surface area (Å²) in [6.45, 7) is 0. The minimum atomic E-state index is 0. The Balaban J connectivity index is 0.00000225. The van der Waals surface area contributed by atoms with Crippen LogP contribution in [0.2, 0.25) is 0 Å². The van der Waals surface area contributed by atoms with Crippen LogP contribution in [0.4, 0.5) is 5.69 Å². The standard InChI is InChI=1S/C26H23N.Y/c1-27(2)26-15-13-22(14-16-26)25-18-23(20-9-5-3-6-10-20)17-24(19-25)21-11-7-4-8-12-21;/h3-19H,1-2H3;. The SMILES string of the molecule is CN(C)c1ccc(-c2cc(-c3ccccc3)cc(-c3ccccc3)c2)cc1.[Y]. The molecule has 0 spiro atoms. The van der Waals surface area contributed by atoms with Crippen molar-refractivity contribution in [2.24, 2.45) is 0 Å². The van der Waals surface area contributed by atoms with Gasteiger partial charge in [0.15, 0.2) is 0 Å². The van der Waals surface area contributed by atoms with E-state index in [9.17, 15) is 0 Å². The third kappa shape index (κ3) is 4.60. The first-order valence-electron chi connectivity index (χ1n) is 9.24. The van der Waals surface area contributed by atoms with Gasteiger partial charge >= 0.3 is 0 Å². The number of nitrogens with zero attached hydrogens (tertiary/aromatic N) is 1. The molecule has 135 valence electrons. The molecule has 0 amide bonds. The van der Waals surface area contributed by atoms with Gasteiger partial charge in [-0.2, -0.15) is 0 Å². The van der Waals surface area contributed by atoms with Crippen LogP contribution in [-0.2, 0) is 32.7 Å². The van der Waals surface area contributed by atoms with Gasteiger partial charge in [-0.3, -0.25) is 0 Å². The predicted octanol–water partition coefficient (Wildman–Crippen LogP) is 6.75. The normalized spacial score (nSPS) is 10.2. The summed E-state index contributed by atoms with van der Waals surface area (Å²) in [5.41, 5.74) is 8.63. The molecule has 0 atom stereocenters. The molecule has 0 fully saturated rings. The van der Waals surface area contributed by atoms with Crippen LogP contribution in [0.3, 0.4) is 0 Å². The van der Waals surface area contributed by atoms with Gasteiger partial charge in [-0.25, -0.2) is 0 Å². The van der Waals surface area contributed by atoms with Crippen LogP contribution in [0, 0.1) is 0 Å². The van der Waals surface area contributed by atoms with E-state index in [1.165, 1.54) is 39.1 Å². The maximum absolute atomic E-state index is 2.28. The zero-order chi connectivity index (χ0) is 18.6. The molecule has 0 aliphatic heterocycles. The Morgan fingerprint density at radius 3 is 1.14 bits per heavy atom. The first-order valence-corrected chi connectivity index (χ1v) is 9.24. The molecule has 0 saturated heterocycles. The van der Waals surface area contributed by atoms with Crippen molar-refractivity contribution in [2.75, 3.05) is 19.0 Å². The fraction of sp³-hybridized carbons (Fsp3) is 0.0769. The Morgan fingerprint density at radius 1 is 0.429 bits per heavy atom. The topological polar surface area (TPSA) is 3.24 Å². The van der Waals surface area contributed by atoms with Crippen LogP contribution >= 0.6 is 0 Å². The minimum Gasteiger partial charge on any atom is -0.378 e. The summed E-state index contributed by atoms with van der Waals surface area (Å²) in [7, 11) is 4.14. The quantitative estimate of drug-likeness (QED) is 0.341. The third-order valence-electron chi connectivity index (χ3n) is 4.86. The summed E-state index contributed by atoms with van der Waals surface area (Å²) in [5, 5.41) is 0. The number of rotatable bonds is 4. The molecule has 2 heteroatoms. The van der Waals surface area contributed by atoms with Gasteiger partial charge in [0.25, 0.3) is 0 Å². The number of hydrogen-bond donors (Lipinski definition) is 0. The molecular weight excluding hydrogens is 415 g/mol. The van der Waals surface area contributed by atoms with E-state index in [1.807, 2.05) is 0 Å². The van der Waals surface area contributed by atoms with Gasteiger partial charge in [0.05, 0.1) is 0 Å². The van der Waals surface area contributed by atoms with Gasteiger partial charge in [0, 0.05) is 52.5 Å². The molecule has 0 unspecified atom stereocenters. The second kappa shape index (κ2) is 9.32. The van der Waals surface area contributed by atoms with E-state index < -0.39 is 0 Å². The summed E-state index contributed by atoms with van der Waals surface area (Å²) in [5.74, 6) is 0. The summed E-state index contributed by atoms with van der Waals surface area (Å²) in [4.78, 5) is 2.12. The van der Waals surface area contributed by atoms with Crippen LogP contribution in [0.25, 0.3) is 33.4 Å². The first-order chi connectivity index (χ1) is 13.2. The van der Waals surface area contributed by atoms with Crippen molar-refractivity contribution in [1.29, 1.82) is 0 Å². The van der Waals surface area contributed by atoms with E-state index in [2.05, 4.69) is 122 Å². The third-order valence-corrected chi connectivity index (χ3v) is 4.86. The van der Waals surface area contributed by atoms with Crippen molar-refractivity contribution in [3.63, 3.8) is 0 Å². The van der Waals surface area contributed by atoms with Gasteiger partial charge in [0.2, 0.25) is 0 Å². The molecule has 1 radical (unpaired) electrons. The molecule has 4 rings (SSSR count). The second-order valence-electron chi connectivity index (χ2n) is 6.97. The molecule has 0 aliphatic carbocycles.